The van der Waals surface area contributed by atoms with E-state index in [1.807, 2.05) is 16.0 Å². The normalized spacial score (nSPS) is 13.7. The molecule has 1 saturated heterocycles. The highest BCUT2D eigenvalue weighted by Crippen LogP contribution is 2.30. The van der Waals surface area contributed by atoms with Crippen molar-refractivity contribution in [3.8, 4) is 11.4 Å². The number of nitrogens with zero attached hydrogens (tertiary/aromatic N) is 4. The molecule has 0 spiro atoms. The molecule has 198 valence electrons. The minimum Gasteiger partial charge on any atom is -0.397 e. The van der Waals surface area contributed by atoms with E-state index in [1.54, 1.807) is 6.20 Å². The fourth-order valence-corrected chi connectivity index (χ4v) is 5.41. The van der Waals surface area contributed by atoms with Crippen LogP contribution in [-0.2, 0) is 6.54 Å². The number of likely N-dealkylation sites (tertiary alicyclic amines) is 1. The first kappa shape index (κ1) is 25.0. The smallest absolute Gasteiger partial charge is 0.255 e. The van der Waals surface area contributed by atoms with Gasteiger partial charge in [-0.05, 0) is 74.0 Å². The Morgan fingerprint density at radius 3 is 2.72 bits per heavy atom. The van der Waals surface area contributed by atoms with Crippen LogP contribution in [0, 0.1) is 11.6 Å². The lowest BCUT2D eigenvalue weighted by Crippen LogP contribution is -2.18. The van der Waals surface area contributed by atoms with Crippen LogP contribution in [0.25, 0.3) is 17.0 Å². The van der Waals surface area contributed by atoms with Crippen LogP contribution in [0.2, 0.25) is 0 Å². The molecule has 6 rings (SSSR count). The number of nitrogens with two attached hydrogens (primary N) is 1. The number of nitrogens with one attached hydrogen (secondary N) is 2. The third kappa shape index (κ3) is 5.18. The Bertz CT molecular complexity index is 1660. The van der Waals surface area contributed by atoms with Crippen LogP contribution in [0.3, 0.4) is 0 Å². The highest BCUT2D eigenvalue weighted by molar-refractivity contribution is 7.14. The molecule has 8 nitrogen and oxygen atoms in total. The van der Waals surface area contributed by atoms with E-state index in [0.29, 0.717) is 10.8 Å². The molecule has 0 atom stereocenters. The molecule has 0 saturated carbocycles. The summed E-state index contributed by atoms with van der Waals surface area (Å²) >= 11 is 1.33. The molecule has 0 bridgehead atoms. The zero-order chi connectivity index (χ0) is 26.9. The van der Waals surface area contributed by atoms with Crippen molar-refractivity contribution in [1.82, 2.24) is 19.3 Å². The Morgan fingerprint density at radius 2 is 1.92 bits per heavy atom. The standard InChI is InChI=1S/C28H25F2N7OS/c29-19-4-3-5-21(31)26(19)35-27(38)18-6-7-22(20(30)13-18)33-28-34-23(16-39-28)24-14-32-25-12-17(8-11-37(24)25)15-36-9-1-2-10-36/h3-8,11-14,16H,1-2,9-10,15,31H2,(H,33,34)(H,35,38). The van der Waals surface area contributed by atoms with Crippen molar-refractivity contribution in [2.45, 2.75) is 19.4 Å². The number of imidazole rings is 1. The molecular formula is C28H25F2N7OS. The van der Waals surface area contributed by atoms with Gasteiger partial charge in [-0.25, -0.2) is 18.7 Å². The summed E-state index contributed by atoms with van der Waals surface area (Å²) in [5.74, 6) is -2.00. The molecular weight excluding hydrogens is 520 g/mol. The highest BCUT2D eigenvalue weighted by atomic mass is 32.1. The highest BCUT2D eigenvalue weighted by Gasteiger charge is 2.17. The van der Waals surface area contributed by atoms with Crippen LogP contribution in [0.15, 0.2) is 66.3 Å². The van der Waals surface area contributed by atoms with Crippen molar-refractivity contribution in [3.63, 3.8) is 0 Å². The Hall–Kier alpha value is -4.35. The number of fused-ring (bicyclic) bond motifs is 1. The molecule has 11 heteroatoms. The number of pyridine rings is 1. The minimum atomic E-state index is -0.676. The van der Waals surface area contributed by atoms with E-state index in [-0.39, 0.29) is 22.6 Å². The van der Waals surface area contributed by atoms with Crippen LogP contribution >= 0.6 is 11.3 Å². The van der Waals surface area contributed by atoms with Gasteiger partial charge in [0.2, 0.25) is 0 Å². The molecule has 0 unspecified atom stereocenters. The summed E-state index contributed by atoms with van der Waals surface area (Å²) in [5, 5.41) is 7.73. The van der Waals surface area contributed by atoms with E-state index in [9.17, 15) is 13.6 Å². The van der Waals surface area contributed by atoms with Crippen LogP contribution in [-0.4, -0.2) is 38.3 Å². The van der Waals surface area contributed by atoms with Gasteiger partial charge in [0.1, 0.15) is 28.7 Å². The summed E-state index contributed by atoms with van der Waals surface area (Å²) in [6.07, 6.45) is 6.30. The second-order valence-corrected chi connectivity index (χ2v) is 10.3. The van der Waals surface area contributed by atoms with E-state index >= 15 is 0 Å². The molecule has 0 aliphatic carbocycles. The molecule has 3 aromatic heterocycles. The van der Waals surface area contributed by atoms with Crippen molar-refractivity contribution >= 4 is 45.1 Å². The van der Waals surface area contributed by atoms with E-state index in [4.69, 9.17) is 5.73 Å². The van der Waals surface area contributed by atoms with E-state index in [0.717, 1.165) is 37.0 Å². The van der Waals surface area contributed by atoms with Crippen molar-refractivity contribution in [1.29, 1.82) is 0 Å². The molecule has 1 fully saturated rings. The largest absolute Gasteiger partial charge is 0.397 e. The van der Waals surface area contributed by atoms with E-state index < -0.39 is 17.5 Å². The zero-order valence-electron chi connectivity index (χ0n) is 20.8. The topological polar surface area (TPSA) is 101 Å². The average Bonchev–Trinajstić information content (AvgIpc) is 3.69. The Balaban J connectivity index is 1.16. The molecule has 1 amide bonds. The first-order valence-electron chi connectivity index (χ1n) is 12.5. The van der Waals surface area contributed by atoms with Gasteiger partial charge in [-0.1, -0.05) is 6.07 Å². The Labute approximate surface area is 227 Å². The average molecular weight is 546 g/mol. The molecule has 4 heterocycles. The maximum atomic E-state index is 14.9. The predicted octanol–water partition coefficient (Wildman–Crippen LogP) is 5.91. The lowest BCUT2D eigenvalue weighted by Gasteiger charge is -2.14. The number of amides is 1. The summed E-state index contributed by atoms with van der Waals surface area (Å²) in [6.45, 7) is 3.20. The van der Waals surface area contributed by atoms with Crippen LogP contribution in [0.1, 0.15) is 28.8 Å². The number of benzene rings is 2. The number of halogens is 2. The number of rotatable bonds is 7. The predicted molar refractivity (Wildman–Crippen MR) is 149 cm³/mol. The summed E-state index contributed by atoms with van der Waals surface area (Å²) in [4.78, 5) is 24.2. The third-order valence-electron chi connectivity index (χ3n) is 6.71. The van der Waals surface area contributed by atoms with Gasteiger partial charge in [0.25, 0.3) is 5.91 Å². The quantitative estimate of drug-likeness (QED) is 0.220. The number of nitrogen functional groups attached to an aromatic ring is 1. The molecule has 1 aliphatic rings. The molecule has 0 radical (unpaired) electrons. The van der Waals surface area contributed by atoms with Crippen LogP contribution in [0.5, 0.6) is 0 Å². The van der Waals surface area contributed by atoms with Gasteiger partial charge in [0.05, 0.1) is 23.3 Å². The summed E-state index contributed by atoms with van der Waals surface area (Å²) in [5.41, 5.74) is 9.48. The van der Waals surface area contributed by atoms with E-state index in [2.05, 4.69) is 37.6 Å². The van der Waals surface area contributed by atoms with Crippen molar-refractivity contribution in [2.75, 3.05) is 29.5 Å². The molecule has 1 aliphatic heterocycles. The van der Waals surface area contributed by atoms with Gasteiger partial charge in [0.15, 0.2) is 5.13 Å². The number of thiazole rings is 1. The number of hydrogen-bond acceptors (Lipinski definition) is 7. The number of carbonyl (C=O) groups excluding carboxylic acids is 1. The maximum absolute atomic E-state index is 14.9. The van der Waals surface area contributed by atoms with Crippen molar-refractivity contribution in [3.05, 3.63) is 89.1 Å². The maximum Gasteiger partial charge on any atom is 0.255 e. The van der Waals surface area contributed by atoms with Gasteiger partial charge in [0, 0.05) is 23.7 Å². The number of anilines is 4. The van der Waals surface area contributed by atoms with Crippen LogP contribution in [0.4, 0.5) is 31.0 Å². The first-order valence-corrected chi connectivity index (χ1v) is 13.4. The lowest BCUT2D eigenvalue weighted by molar-refractivity contribution is 0.102. The lowest BCUT2D eigenvalue weighted by atomic mass is 10.1. The molecule has 39 heavy (non-hydrogen) atoms. The second-order valence-electron chi connectivity index (χ2n) is 9.41. The number of para-hydroxylation sites is 1. The van der Waals surface area contributed by atoms with Gasteiger partial charge < -0.3 is 16.4 Å². The fourth-order valence-electron chi connectivity index (χ4n) is 4.69. The second kappa shape index (κ2) is 10.4. The molecule has 5 aromatic rings. The van der Waals surface area contributed by atoms with Crippen molar-refractivity contribution in [2.24, 2.45) is 0 Å². The fraction of sp³-hybridized carbons (Fsp3) is 0.179. The molecule has 4 N–H and O–H groups in total. The third-order valence-corrected chi connectivity index (χ3v) is 7.46. The Morgan fingerprint density at radius 1 is 1.08 bits per heavy atom. The van der Waals surface area contributed by atoms with E-state index in [1.165, 1.54) is 60.1 Å². The first-order chi connectivity index (χ1) is 18.9. The Kier molecular flexibility index (Phi) is 6.67. The minimum absolute atomic E-state index is 0.0235. The summed E-state index contributed by atoms with van der Waals surface area (Å²) < 4.78 is 30.9. The van der Waals surface area contributed by atoms with Crippen LogP contribution < -0.4 is 16.4 Å². The zero-order valence-corrected chi connectivity index (χ0v) is 21.6. The number of aromatic nitrogens is 3. The summed E-state index contributed by atoms with van der Waals surface area (Å²) in [7, 11) is 0. The molecule has 2 aromatic carbocycles. The van der Waals surface area contributed by atoms with Gasteiger partial charge in [-0.15, -0.1) is 11.3 Å². The van der Waals surface area contributed by atoms with Crippen molar-refractivity contribution < 1.29 is 13.6 Å². The number of hydrogen-bond donors (Lipinski definition) is 3. The summed E-state index contributed by atoms with van der Waals surface area (Å²) in [6, 6.07) is 12.2. The monoisotopic (exact) mass is 545 g/mol. The van der Waals surface area contributed by atoms with Gasteiger partial charge in [-0.2, -0.15) is 0 Å². The van der Waals surface area contributed by atoms with Gasteiger partial charge >= 0.3 is 0 Å². The SMILES string of the molecule is Nc1cccc(F)c1NC(=O)c1ccc(Nc2nc(-c3cnc4cc(CN5CCCC5)ccn34)cs2)c(F)c1. The van der Waals surface area contributed by atoms with Gasteiger partial charge in [-0.3, -0.25) is 14.1 Å². The number of carbonyl (C=O) groups is 1.